The van der Waals surface area contributed by atoms with E-state index in [1.165, 1.54) is 0 Å². The molecule has 1 heterocycles. The minimum absolute atomic E-state index is 0.519. The van der Waals surface area contributed by atoms with Crippen molar-refractivity contribution in [3.05, 3.63) is 16.9 Å². The number of rotatable bonds is 8. The van der Waals surface area contributed by atoms with Crippen LogP contribution in [0.4, 0.5) is 0 Å². The molecule has 1 aromatic heterocycles. The van der Waals surface area contributed by atoms with Crippen LogP contribution in [0.5, 0.6) is 0 Å². The molecule has 0 saturated heterocycles. The van der Waals surface area contributed by atoms with Crippen LogP contribution in [0.3, 0.4) is 0 Å². The summed E-state index contributed by atoms with van der Waals surface area (Å²) in [5, 5.41) is 15.0. The molecule has 0 amide bonds. The van der Waals surface area contributed by atoms with Gasteiger partial charge in [0.1, 0.15) is 0 Å². The van der Waals surface area contributed by atoms with Gasteiger partial charge in [-0.1, -0.05) is 11.6 Å². The van der Waals surface area contributed by atoms with Crippen molar-refractivity contribution < 1.29 is 5.11 Å². The minimum Gasteiger partial charge on any atom is -0.387 e. The van der Waals surface area contributed by atoms with Crippen molar-refractivity contribution in [1.82, 2.24) is 14.7 Å². The molecule has 4 nitrogen and oxygen atoms in total. The molecule has 0 aliphatic heterocycles. The van der Waals surface area contributed by atoms with Gasteiger partial charge < -0.3 is 10.0 Å². The standard InChI is InChI=1S/C12H22ClN3OS/c1-15(2)6-7-16-12(10(13)9-14-16)11(17)5-4-8-18-3/h9,11,17H,4-8H2,1-3H3. The molecule has 0 aliphatic rings. The van der Waals surface area contributed by atoms with Gasteiger partial charge >= 0.3 is 0 Å². The van der Waals surface area contributed by atoms with Crippen LogP contribution in [0.25, 0.3) is 0 Å². The summed E-state index contributed by atoms with van der Waals surface area (Å²) in [5.41, 5.74) is 0.750. The van der Waals surface area contributed by atoms with E-state index in [-0.39, 0.29) is 0 Å². The van der Waals surface area contributed by atoms with E-state index in [0.29, 0.717) is 5.02 Å². The normalized spacial score (nSPS) is 13.2. The molecule has 0 fully saturated rings. The number of halogens is 1. The van der Waals surface area contributed by atoms with Gasteiger partial charge in [-0.2, -0.15) is 16.9 Å². The second-order valence-corrected chi connectivity index (χ2v) is 5.95. The Morgan fingerprint density at radius 1 is 1.56 bits per heavy atom. The third-order valence-electron chi connectivity index (χ3n) is 2.73. The summed E-state index contributed by atoms with van der Waals surface area (Å²) >= 11 is 7.90. The van der Waals surface area contributed by atoms with Crippen LogP contribution >= 0.6 is 23.4 Å². The van der Waals surface area contributed by atoms with E-state index < -0.39 is 6.10 Å². The third kappa shape index (κ3) is 4.80. The Morgan fingerprint density at radius 3 is 2.89 bits per heavy atom. The lowest BCUT2D eigenvalue weighted by atomic mass is 10.1. The lowest BCUT2D eigenvalue weighted by Gasteiger charge is -2.16. The lowest BCUT2D eigenvalue weighted by molar-refractivity contribution is 0.154. The van der Waals surface area contributed by atoms with Crippen molar-refractivity contribution in [3.63, 3.8) is 0 Å². The number of aromatic nitrogens is 2. The van der Waals surface area contributed by atoms with Crippen LogP contribution in [-0.2, 0) is 6.54 Å². The first-order chi connectivity index (χ1) is 8.56. The summed E-state index contributed by atoms with van der Waals surface area (Å²) in [6, 6.07) is 0. The van der Waals surface area contributed by atoms with E-state index in [4.69, 9.17) is 11.6 Å². The molecular weight excluding hydrogens is 270 g/mol. The summed E-state index contributed by atoms with van der Waals surface area (Å²) in [5.74, 6) is 1.06. The van der Waals surface area contributed by atoms with E-state index in [0.717, 1.165) is 37.4 Å². The summed E-state index contributed by atoms with van der Waals surface area (Å²) in [6.07, 6.45) is 4.88. The maximum atomic E-state index is 10.2. The van der Waals surface area contributed by atoms with Crippen LogP contribution in [0, 0.1) is 0 Å². The molecule has 0 aromatic carbocycles. The van der Waals surface area contributed by atoms with Gasteiger partial charge in [0.2, 0.25) is 0 Å². The van der Waals surface area contributed by atoms with Crippen molar-refractivity contribution in [2.24, 2.45) is 0 Å². The quantitative estimate of drug-likeness (QED) is 0.746. The van der Waals surface area contributed by atoms with Crippen LogP contribution in [0.1, 0.15) is 24.6 Å². The Balaban J connectivity index is 2.64. The zero-order valence-corrected chi connectivity index (χ0v) is 12.8. The first-order valence-corrected chi connectivity index (χ1v) is 7.86. The van der Waals surface area contributed by atoms with E-state index >= 15 is 0 Å². The van der Waals surface area contributed by atoms with E-state index in [2.05, 4.69) is 16.3 Å². The van der Waals surface area contributed by atoms with Crippen molar-refractivity contribution in [2.75, 3.05) is 32.6 Å². The SMILES string of the molecule is CSCCCC(O)c1c(Cl)cnn1CCN(C)C. The number of hydrogen-bond donors (Lipinski definition) is 1. The molecule has 0 spiro atoms. The molecular formula is C12H22ClN3OS. The molecule has 18 heavy (non-hydrogen) atoms. The predicted molar refractivity (Wildman–Crippen MR) is 78.4 cm³/mol. The molecule has 0 saturated carbocycles. The Kier molecular flexibility index (Phi) is 7.07. The average Bonchev–Trinajstić information content (AvgIpc) is 2.68. The van der Waals surface area contributed by atoms with Crippen LogP contribution in [0.15, 0.2) is 6.20 Å². The summed E-state index contributed by atoms with van der Waals surface area (Å²) in [4.78, 5) is 2.08. The fourth-order valence-electron chi connectivity index (χ4n) is 1.73. The molecule has 1 aromatic rings. The van der Waals surface area contributed by atoms with E-state index in [1.54, 1.807) is 18.0 Å². The summed E-state index contributed by atoms with van der Waals surface area (Å²) in [6.45, 7) is 1.62. The van der Waals surface area contributed by atoms with E-state index in [9.17, 15) is 5.11 Å². The zero-order valence-electron chi connectivity index (χ0n) is 11.3. The third-order valence-corrected chi connectivity index (χ3v) is 3.72. The number of aliphatic hydroxyl groups is 1. The van der Waals surface area contributed by atoms with Gasteiger partial charge in [-0.3, -0.25) is 4.68 Å². The number of nitrogens with zero attached hydrogens (tertiary/aromatic N) is 3. The molecule has 1 unspecified atom stereocenters. The largest absolute Gasteiger partial charge is 0.387 e. The summed E-state index contributed by atoms with van der Waals surface area (Å²) in [7, 11) is 4.03. The second-order valence-electron chi connectivity index (χ2n) is 4.55. The summed E-state index contributed by atoms with van der Waals surface area (Å²) < 4.78 is 1.81. The molecule has 0 bridgehead atoms. The number of thioether (sulfide) groups is 1. The number of likely N-dealkylation sites (N-methyl/N-ethyl adjacent to an activating group) is 1. The second kappa shape index (κ2) is 8.04. The van der Waals surface area contributed by atoms with Crippen molar-refractivity contribution in [3.8, 4) is 0 Å². The smallest absolute Gasteiger partial charge is 0.0972 e. The van der Waals surface area contributed by atoms with Gasteiger partial charge in [0.05, 0.1) is 29.6 Å². The van der Waals surface area contributed by atoms with E-state index in [1.807, 2.05) is 18.8 Å². The van der Waals surface area contributed by atoms with Gasteiger partial charge in [0.25, 0.3) is 0 Å². The van der Waals surface area contributed by atoms with Gasteiger partial charge in [0.15, 0.2) is 0 Å². The molecule has 0 aliphatic carbocycles. The van der Waals surface area contributed by atoms with Crippen LogP contribution in [-0.4, -0.2) is 52.4 Å². The van der Waals surface area contributed by atoms with Crippen LogP contribution < -0.4 is 0 Å². The predicted octanol–water partition coefficient (Wildman–Crippen LogP) is 2.27. The minimum atomic E-state index is -0.519. The highest BCUT2D eigenvalue weighted by molar-refractivity contribution is 7.98. The highest BCUT2D eigenvalue weighted by atomic mass is 35.5. The molecule has 1 rings (SSSR count). The molecule has 1 atom stereocenters. The zero-order chi connectivity index (χ0) is 13.5. The topological polar surface area (TPSA) is 41.3 Å². The monoisotopic (exact) mass is 291 g/mol. The Bertz CT molecular complexity index is 357. The van der Waals surface area contributed by atoms with Gasteiger partial charge in [-0.05, 0) is 38.9 Å². The Hall–Kier alpha value is -0.230. The van der Waals surface area contributed by atoms with Gasteiger partial charge in [-0.25, -0.2) is 0 Å². The lowest BCUT2D eigenvalue weighted by Crippen LogP contribution is -2.21. The first kappa shape index (κ1) is 15.8. The van der Waals surface area contributed by atoms with Crippen LogP contribution in [0.2, 0.25) is 5.02 Å². The maximum absolute atomic E-state index is 10.2. The average molecular weight is 292 g/mol. The number of aliphatic hydroxyl groups excluding tert-OH is 1. The Labute approximate surface area is 118 Å². The fraction of sp³-hybridized carbons (Fsp3) is 0.750. The van der Waals surface area contributed by atoms with Crippen molar-refractivity contribution in [1.29, 1.82) is 0 Å². The molecule has 1 N–H and O–H groups in total. The highest BCUT2D eigenvalue weighted by Gasteiger charge is 2.17. The highest BCUT2D eigenvalue weighted by Crippen LogP contribution is 2.26. The molecule has 0 radical (unpaired) electrons. The molecule has 104 valence electrons. The first-order valence-electron chi connectivity index (χ1n) is 6.09. The van der Waals surface area contributed by atoms with Crippen molar-refractivity contribution in [2.45, 2.75) is 25.5 Å². The Morgan fingerprint density at radius 2 is 2.28 bits per heavy atom. The fourth-order valence-corrected chi connectivity index (χ4v) is 2.46. The van der Waals surface area contributed by atoms with Gasteiger partial charge in [0, 0.05) is 6.54 Å². The number of hydrogen-bond acceptors (Lipinski definition) is 4. The molecule has 6 heteroatoms. The van der Waals surface area contributed by atoms with Crippen molar-refractivity contribution >= 4 is 23.4 Å². The maximum Gasteiger partial charge on any atom is 0.0972 e. The van der Waals surface area contributed by atoms with Gasteiger partial charge in [-0.15, -0.1) is 0 Å².